The van der Waals surface area contributed by atoms with Crippen LogP contribution in [-0.2, 0) is 15.8 Å². The predicted molar refractivity (Wildman–Crippen MR) is 96.4 cm³/mol. The minimum atomic E-state index is -4.34. The van der Waals surface area contributed by atoms with Gasteiger partial charge in [0.2, 0.25) is 11.8 Å². The van der Waals surface area contributed by atoms with E-state index in [0.29, 0.717) is 13.0 Å². The first-order chi connectivity index (χ1) is 13.3. The average Bonchev–Trinajstić information content (AvgIpc) is 3.07. The van der Waals surface area contributed by atoms with Crippen LogP contribution in [0.25, 0.3) is 0 Å². The number of hydrogen-bond acceptors (Lipinski definition) is 3. The van der Waals surface area contributed by atoms with Gasteiger partial charge in [0, 0.05) is 31.6 Å². The van der Waals surface area contributed by atoms with Crippen molar-refractivity contribution in [1.82, 2.24) is 15.5 Å². The van der Waals surface area contributed by atoms with E-state index in [0.717, 1.165) is 50.0 Å². The van der Waals surface area contributed by atoms with Gasteiger partial charge in [0.05, 0.1) is 17.5 Å². The van der Waals surface area contributed by atoms with Crippen LogP contribution < -0.4 is 10.6 Å². The normalized spacial score (nSPS) is 29.8. The van der Waals surface area contributed by atoms with Gasteiger partial charge in [-0.25, -0.2) is 0 Å². The first-order valence-electron chi connectivity index (χ1n) is 9.82. The maximum atomic E-state index is 12.7. The molecule has 0 radical (unpaired) electrons. The summed E-state index contributed by atoms with van der Waals surface area (Å²) < 4.78 is 38.0. The number of amides is 2. The monoisotopic (exact) mass is 395 g/mol. The molecule has 8 heteroatoms. The van der Waals surface area contributed by atoms with E-state index in [-0.39, 0.29) is 35.7 Å². The van der Waals surface area contributed by atoms with Crippen LogP contribution in [0, 0.1) is 5.92 Å². The highest BCUT2D eigenvalue weighted by molar-refractivity contribution is 5.86. The lowest BCUT2D eigenvalue weighted by Gasteiger charge is -2.19. The van der Waals surface area contributed by atoms with Crippen molar-refractivity contribution in [3.8, 4) is 0 Å². The van der Waals surface area contributed by atoms with Crippen LogP contribution in [0.1, 0.15) is 42.7 Å². The Morgan fingerprint density at radius 1 is 1.07 bits per heavy atom. The number of nitrogens with zero attached hydrogens (tertiary/aromatic N) is 1. The average molecular weight is 395 g/mol. The molecule has 2 amide bonds. The minimum Gasteiger partial charge on any atom is -0.352 e. The van der Waals surface area contributed by atoms with E-state index in [9.17, 15) is 22.8 Å². The summed E-state index contributed by atoms with van der Waals surface area (Å²) in [5.41, 5.74) is 0.146. The number of carbonyl (C=O) groups is 2. The summed E-state index contributed by atoms with van der Waals surface area (Å²) in [6.07, 6.45) is -1.04. The van der Waals surface area contributed by atoms with Gasteiger partial charge >= 0.3 is 6.18 Å². The Bertz CT molecular complexity index is 744. The molecule has 0 spiro atoms. The molecule has 3 fully saturated rings. The third-order valence-corrected chi connectivity index (χ3v) is 6.00. The van der Waals surface area contributed by atoms with Gasteiger partial charge in [-0.05, 0) is 43.4 Å². The predicted octanol–water partition coefficient (Wildman–Crippen LogP) is 2.28. The molecular weight excluding hydrogens is 371 g/mol. The number of alkyl halides is 3. The van der Waals surface area contributed by atoms with Gasteiger partial charge in [0.25, 0.3) is 0 Å². The molecule has 0 aromatic heterocycles. The van der Waals surface area contributed by atoms with E-state index >= 15 is 0 Å². The second-order valence-corrected chi connectivity index (χ2v) is 8.00. The van der Waals surface area contributed by atoms with Gasteiger partial charge in [-0.2, -0.15) is 13.2 Å². The standard InChI is InChI=1S/C20H24F3N3O2/c21-20(22,23)14-5-3-12(4-6-14)15-10-16(15)25-18(27)13-9-17(24-11-13)19(28)26-7-1-2-8-26/h3-6,13,15-17,24H,1-2,7-11H2,(H,25,27)/t13-,15?,16-,17-/m0/s1. The molecule has 4 atom stereocenters. The molecule has 1 unspecified atom stereocenters. The Hall–Kier alpha value is -2.09. The number of likely N-dealkylation sites (tertiary alicyclic amines) is 1. The number of hydrogen-bond donors (Lipinski definition) is 2. The summed E-state index contributed by atoms with van der Waals surface area (Å²) in [5, 5.41) is 6.15. The van der Waals surface area contributed by atoms with Crippen LogP contribution in [0.15, 0.2) is 24.3 Å². The molecule has 2 aliphatic heterocycles. The molecule has 5 nitrogen and oxygen atoms in total. The minimum absolute atomic E-state index is 0.0439. The highest BCUT2D eigenvalue weighted by Crippen LogP contribution is 2.42. The summed E-state index contributed by atoms with van der Waals surface area (Å²) >= 11 is 0. The second kappa shape index (κ2) is 7.39. The van der Waals surface area contributed by atoms with Crippen molar-refractivity contribution in [2.24, 2.45) is 5.92 Å². The number of nitrogens with one attached hydrogen (secondary N) is 2. The Kier molecular flexibility index (Phi) is 5.07. The van der Waals surface area contributed by atoms with Crippen molar-refractivity contribution < 1.29 is 22.8 Å². The van der Waals surface area contributed by atoms with Gasteiger partial charge in [-0.1, -0.05) is 12.1 Å². The molecule has 1 aliphatic carbocycles. The number of benzene rings is 1. The lowest BCUT2D eigenvalue weighted by Crippen LogP contribution is -2.42. The van der Waals surface area contributed by atoms with Crippen LogP contribution in [-0.4, -0.2) is 48.4 Å². The molecule has 2 saturated heterocycles. The zero-order valence-electron chi connectivity index (χ0n) is 15.5. The summed E-state index contributed by atoms with van der Waals surface area (Å²) in [4.78, 5) is 26.8. The molecule has 2 N–H and O–H groups in total. The highest BCUT2D eigenvalue weighted by Gasteiger charge is 2.43. The number of rotatable bonds is 4. The van der Waals surface area contributed by atoms with E-state index in [1.807, 2.05) is 4.90 Å². The molecule has 3 aliphatic rings. The van der Waals surface area contributed by atoms with Crippen molar-refractivity contribution in [3.05, 3.63) is 35.4 Å². The van der Waals surface area contributed by atoms with E-state index in [1.54, 1.807) is 0 Å². The summed E-state index contributed by atoms with van der Waals surface area (Å²) in [7, 11) is 0. The van der Waals surface area contributed by atoms with Gasteiger partial charge in [0.1, 0.15) is 0 Å². The second-order valence-electron chi connectivity index (χ2n) is 8.00. The summed E-state index contributed by atoms with van der Waals surface area (Å²) in [6, 6.07) is 4.81. The van der Waals surface area contributed by atoms with Crippen LogP contribution in [0.4, 0.5) is 13.2 Å². The largest absolute Gasteiger partial charge is 0.416 e. The fourth-order valence-corrected chi connectivity index (χ4v) is 4.22. The van der Waals surface area contributed by atoms with Crippen molar-refractivity contribution in [3.63, 3.8) is 0 Å². The smallest absolute Gasteiger partial charge is 0.352 e. The van der Waals surface area contributed by atoms with Crippen LogP contribution >= 0.6 is 0 Å². The van der Waals surface area contributed by atoms with Crippen molar-refractivity contribution >= 4 is 11.8 Å². The fourth-order valence-electron chi connectivity index (χ4n) is 4.22. The maximum Gasteiger partial charge on any atom is 0.416 e. The fraction of sp³-hybridized carbons (Fsp3) is 0.600. The molecule has 0 bridgehead atoms. The van der Waals surface area contributed by atoms with Crippen LogP contribution in [0.3, 0.4) is 0 Å². The van der Waals surface area contributed by atoms with Gasteiger partial charge < -0.3 is 15.5 Å². The Morgan fingerprint density at radius 2 is 1.75 bits per heavy atom. The van der Waals surface area contributed by atoms with E-state index in [4.69, 9.17) is 0 Å². The number of carbonyl (C=O) groups excluding carboxylic acids is 2. The lowest BCUT2D eigenvalue weighted by atomic mass is 10.0. The van der Waals surface area contributed by atoms with Crippen molar-refractivity contribution in [2.45, 2.75) is 49.9 Å². The Morgan fingerprint density at radius 3 is 2.39 bits per heavy atom. The maximum absolute atomic E-state index is 12.7. The SMILES string of the molecule is O=C(N[C@H]1CC1c1ccc(C(F)(F)F)cc1)[C@@H]1CN[C@H](C(=O)N2CCCC2)C1. The van der Waals surface area contributed by atoms with E-state index in [1.165, 1.54) is 12.1 Å². The molecular formula is C20H24F3N3O2. The molecule has 152 valence electrons. The van der Waals surface area contributed by atoms with E-state index in [2.05, 4.69) is 10.6 Å². The van der Waals surface area contributed by atoms with Gasteiger partial charge in [-0.15, -0.1) is 0 Å². The topological polar surface area (TPSA) is 61.4 Å². The Labute approximate surface area is 161 Å². The quantitative estimate of drug-likeness (QED) is 0.822. The van der Waals surface area contributed by atoms with Crippen molar-refractivity contribution in [2.75, 3.05) is 19.6 Å². The molecule has 1 aromatic rings. The van der Waals surface area contributed by atoms with Crippen LogP contribution in [0.5, 0.6) is 0 Å². The molecule has 1 aromatic carbocycles. The van der Waals surface area contributed by atoms with Gasteiger partial charge in [-0.3, -0.25) is 9.59 Å². The summed E-state index contributed by atoms with van der Waals surface area (Å²) in [6.45, 7) is 2.07. The first kappa shape index (κ1) is 19.2. The highest BCUT2D eigenvalue weighted by atomic mass is 19.4. The number of halogens is 3. The van der Waals surface area contributed by atoms with Crippen LogP contribution in [0.2, 0.25) is 0 Å². The zero-order valence-corrected chi connectivity index (χ0v) is 15.5. The van der Waals surface area contributed by atoms with Gasteiger partial charge in [0.15, 0.2) is 0 Å². The third kappa shape index (κ3) is 4.01. The zero-order chi connectivity index (χ0) is 19.9. The molecule has 2 heterocycles. The lowest BCUT2D eigenvalue weighted by molar-refractivity contribution is -0.137. The molecule has 28 heavy (non-hydrogen) atoms. The Balaban J connectivity index is 1.27. The first-order valence-corrected chi connectivity index (χ1v) is 9.82. The van der Waals surface area contributed by atoms with Crippen molar-refractivity contribution in [1.29, 1.82) is 0 Å². The molecule has 1 saturated carbocycles. The van der Waals surface area contributed by atoms with E-state index < -0.39 is 11.7 Å². The summed E-state index contributed by atoms with van der Waals surface area (Å²) in [5.74, 6) is -0.182. The third-order valence-electron chi connectivity index (χ3n) is 6.00. The molecule has 4 rings (SSSR count).